The summed E-state index contributed by atoms with van der Waals surface area (Å²) in [5.74, 6) is 2.56. The lowest BCUT2D eigenvalue weighted by atomic mass is 10.1. The van der Waals surface area contributed by atoms with Crippen LogP contribution in [0.25, 0.3) is 0 Å². The minimum absolute atomic E-state index is 0. The van der Waals surface area contributed by atoms with E-state index in [-0.39, 0.29) is 24.0 Å². The monoisotopic (exact) mass is 518 g/mol. The molecule has 0 saturated carbocycles. The maximum Gasteiger partial charge on any atom is 0.191 e. The second-order valence-corrected chi connectivity index (χ2v) is 7.73. The van der Waals surface area contributed by atoms with Gasteiger partial charge in [-0.2, -0.15) is 0 Å². The van der Waals surface area contributed by atoms with E-state index < -0.39 is 0 Å². The van der Waals surface area contributed by atoms with Gasteiger partial charge in [0.15, 0.2) is 5.96 Å². The van der Waals surface area contributed by atoms with Gasteiger partial charge in [-0.25, -0.2) is 9.98 Å². The number of aromatic nitrogens is 1. The Labute approximate surface area is 193 Å². The number of nitrogens with zero attached hydrogens (tertiary/aromatic N) is 4. The molecule has 2 rings (SSSR count). The van der Waals surface area contributed by atoms with Crippen LogP contribution in [-0.4, -0.2) is 75.4 Å². The van der Waals surface area contributed by atoms with Crippen LogP contribution in [0.5, 0.6) is 0 Å². The molecule has 7 nitrogen and oxygen atoms in total. The van der Waals surface area contributed by atoms with Gasteiger partial charge in [-0.1, -0.05) is 13.8 Å². The maximum atomic E-state index is 5.66. The minimum atomic E-state index is 0. The lowest BCUT2D eigenvalue weighted by Gasteiger charge is -2.33. The third kappa shape index (κ3) is 10.5. The molecule has 1 saturated heterocycles. The van der Waals surface area contributed by atoms with Gasteiger partial charge < -0.3 is 25.2 Å². The second kappa shape index (κ2) is 14.8. The fraction of sp³-hybridized carbons (Fsp3) is 0.714. The highest BCUT2D eigenvalue weighted by molar-refractivity contribution is 14.0. The highest BCUT2D eigenvalue weighted by atomic mass is 127. The molecule has 1 aliphatic rings. The van der Waals surface area contributed by atoms with Crippen LogP contribution in [-0.2, 0) is 11.3 Å². The number of rotatable bonds is 10. The van der Waals surface area contributed by atoms with Crippen molar-refractivity contribution in [1.82, 2.24) is 20.5 Å². The van der Waals surface area contributed by atoms with Crippen LogP contribution in [0.3, 0.4) is 0 Å². The van der Waals surface area contributed by atoms with Crippen molar-refractivity contribution in [1.29, 1.82) is 0 Å². The molecular formula is C21H39IN6O. The zero-order chi connectivity index (χ0) is 20.2. The summed E-state index contributed by atoms with van der Waals surface area (Å²) in [4.78, 5) is 14.0. The Balaban J connectivity index is 0.00000420. The molecule has 29 heavy (non-hydrogen) atoms. The van der Waals surface area contributed by atoms with Crippen molar-refractivity contribution in [3.63, 3.8) is 0 Å². The van der Waals surface area contributed by atoms with Crippen molar-refractivity contribution in [2.75, 3.05) is 64.4 Å². The number of piperazine rings is 1. The molecule has 0 aromatic carbocycles. The lowest BCUT2D eigenvalue weighted by Crippen LogP contribution is -2.44. The molecule has 0 unspecified atom stereocenters. The topological polar surface area (TPSA) is 65.0 Å². The van der Waals surface area contributed by atoms with Gasteiger partial charge in [-0.3, -0.25) is 0 Å². The molecule has 8 heteroatoms. The fourth-order valence-electron chi connectivity index (χ4n) is 2.94. The molecule has 2 N–H and O–H groups in total. The molecule has 2 heterocycles. The van der Waals surface area contributed by atoms with Gasteiger partial charge >= 0.3 is 0 Å². The summed E-state index contributed by atoms with van der Waals surface area (Å²) in [5.41, 5.74) is 1.18. The molecule has 0 aliphatic carbocycles. The summed E-state index contributed by atoms with van der Waals surface area (Å²) < 4.78 is 5.66. The summed E-state index contributed by atoms with van der Waals surface area (Å²) in [6.07, 6.45) is 2.99. The van der Waals surface area contributed by atoms with Crippen molar-refractivity contribution < 1.29 is 4.74 Å². The first-order chi connectivity index (χ1) is 13.6. The SMILES string of the molecule is CCNC(=NCc1ccnc(N2CCN(C)CC2)c1)NCCOCCC(C)C.I. The van der Waals surface area contributed by atoms with Crippen LogP contribution in [0.4, 0.5) is 5.82 Å². The molecule has 1 aromatic heterocycles. The van der Waals surface area contributed by atoms with Crippen molar-refractivity contribution in [3.8, 4) is 0 Å². The van der Waals surface area contributed by atoms with E-state index in [1.54, 1.807) is 0 Å². The maximum absolute atomic E-state index is 5.66. The fourth-order valence-corrected chi connectivity index (χ4v) is 2.94. The smallest absolute Gasteiger partial charge is 0.191 e. The van der Waals surface area contributed by atoms with Gasteiger partial charge in [-0.15, -0.1) is 24.0 Å². The zero-order valence-corrected chi connectivity index (χ0v) is 20.8. The lowest BCUT2D eigenvalue weighted by molar-refractivity contribution is 0.128. The van der Waals surface area contributed by atoms with Gasteiger partial charge in [0, 0.05) is 52.1 Å². The second-order valence-electron chi connectivity index (χ2n) is 7.73. The Morgan fingerprint density at radius 1 is 1.21 bits per heavy atom. The van der Waals surface area contributed by atoms with E-state index in [1.807, 2.05) is 12.3 Å². The van der Waals surface area contributed by atoms with E-state index >= 15 is 0 Å². The van der Waals surface area contributed by atoms with Crippen molar-refractivity contribution in [3.05, 3.63) is 23.9 Å². The van der Waals surface area contributed by atoms with E-state index in [1.165, 1.54) is 5.56 Å². The van der Waals surface area contributed by atoms with E-state index in [0.29, 0.717) is 19.1 Å². The molecule has 0 atom stereocenters. The number of hydrogen-bond donors (Lipinski definition) is 2. The van der Waals surface area contributed by atoms with Crippen LogP contribution in [0.2, 0.25) is 0 Å². The Kier molecular flexibility index (Phi) is 13.2. The summed E-state index contributed by atoms with van der Waals surface area (Å²) in [7, 11) is 2.17. The van der Waals surface area contributed by atoms with Crippen LogP contribution in [0.1, 0.15) is 32.8 Å². The van der Waals surface area contributed by atoms with Crippen molar-refractivity contribution in [2.24, 2.45) is 10.9 Å². The molecule has 1 fully saturated rings. The Bertz CT molecular complexity index is 590. The van der Waals surface area contributed by atoms with Gasteiger partial charge in [0.25, 0.3) is 0 Å². The zero-order valence-electron chi connectivity index (χ0n) is 18.5. The molecule has 0 radical (unpaired) electrons. The van der Waals surface area contributed by atoms with Gasteiger partial charge in [-0.05, 0) is 44.0 Å². The van der Waals surface area contributed by atoms with Crippen LogP contribution in [0, 0.1) is 5.92 Å². The average molecular weight is 518 g/mol. The van der Waals surface area contributed by atoms with Crippen LogP contribution < -0.4 is 15.5 Å². The molecule has 1 aromatic rings. The van der Waals surface area contributed by atoms with E-state index in [0.717, 1.165) is 64.1 Å². The quantitative estimate of drug-likeness (QED) is 0.215. The van der Waals surface area contributed by atoms with Crippen molar-refractivity contribution >= 4 is 35.8 Å². The normalized spacial score (nSPS) is 15.3. The number of ether oxygens (including phenoxy) is 1. The summed E-state index contributed by atoms with van der Waals surface area (Å²) >= 11 is 0. The number of guanidine groups is 1. The first-order valence-corrected chi connectivity index (χ1v) is 10.6. The minimum Gasteiger partial charge on any atom is -0.380 e. The first-order valence-electron chi connectivity index (χ1n) is 10.6. The third-order valence-electron chi connectivity index (χ3n) is 4.78. The highest BCUT2D eigenvalue weighted by Crippen LogP contribution is 2.15. The average Bonchev–Trinajstić information content (AvgIpc) is 2.69. The van der Waals surface area contributed by atoms with Crippen molar-refractivity contribution in [2.45, 2.75) is 33.7 Å². The number of nitrogens with one attached hydrogen (secondary N) is 2. The van der Waals surface area contributed by atoms with E-state index in [4.69, 9.17) is 9.73 Å². The molecule has 1 aliphatic heterocycles. The predicted octanol–water partition coefficient (Wildman–Crippen LogP) is 2.57. The molecule has 0 bridgehead atoms. The van der Waals surface area contributed by atoms with E-state index in [2.05, 4.69) is 59.3 Å². The van der Waals surface area contributed by atoms with Gasteiger partial charge in [0.1, 0.15) is 5.82 Å². The first kappa shape index (κ1) is 25.9. The molecule has 0 spiro atoms. The molecule has 0 amide bonds. The number of aliphatic imine (C=N–C) groups is 1. The molecular weight excluding hydrogens is 479 g/mol. The van der Waals surface area contributed by atoms with Gasteiger partial charge in [0.2, 0.25) is 0 Å². The Hall–Kier alpha value is -1.13. The number of hydrogen-bond acceptors (Lipinski definition) is 5. The Morgan fingerprint density at radius 2 is 1.97 bits per heavy atom. The number of halogens is 1. The molecule has 166 valence electrons. The van der Waals surface area contributed by atoms with Crippen LogP contribution in [0.15, 0.2) is 23.3 Å². The standard InChI is InChI=1S/C21H38N6O.HI/c1-5-22-21(24-9-15-28-14-7-18(2)3)25-17-19-6-8-23-20(16-19)27-12-10-26(4)11-13-27;/h6,8,16,18H,5,7,9-15,17H2,1-4H3,(H2,22,24,25);1H. The summed E-state index contributed by atoms with van der Waals surface area (Å²) in [6.45, 7) is 14.5. The number of pyridine rings is 1. The van der Waals surface area contributed by atoms with Crippen LogP contribution >= 0.6 is 24.0 Å². The number of likely N-dealkylation sites (N-methyl/N-ethyl adjacent to an activating group) is 1. The predicted molar refractivity (Wildman–Crippen MR) is 132 cm³/mol. The third-order valence-corrected chi connectivity index (χ3v) is 4.78. The Morgan fingerprint density at radius 3 is 2.66 bits per heavy atom. The highest BCUT2D eigenvalue weighted by Gasteiger charge is 2.15. The largest absolute Gasteiger partial charge is 0.380 e. The number of anilines is 1. The van der Waals surface area contributed by atoms with Gasteiger partial charge in [0.05, 0.1) is 13.2 Å². The summed E-state index contributed by atoms with van der Waals surface area (Å²) in [5, 5.41) is 6.64. The van der Waals surface area contributed by atoms with E-state index in [9.17, 15) is 0 Å². The summed E-state index contributed by atoms with van der Waals surface area (Å²) in [6, 6.07) is 4.20.